The molecule has 0 saturated carbocycles. The van der Waals surface area contributed by atoms with E-state index in [1.165, 1.54) is 0 Å². The van der Waals surface area contributed by atoms with Crippen LogP contribution in [-0.4, -0.2) is 33.0 Å². The molecule has 0 bridgehead atoms. The summed E-state index contributed by atoms with van der Waals surface area (Å²) in [6, 6.07) is 8.89. The number of nitrogens with one attached hydrogen (secondary N) is 1. The first kappa shape index (κ1) is 16.9. The number of anilines is 1. The van der Waals surface area contributed by atoms with Crippen LogP contribution in [0.4, 0.5) is 5.69 Å². The zero-order valence-electron chi connectivity index (χ0n) is 15.3. The van der Waals surface area contributed by atoms with Gasteiger partial charge in [-0.25, -0.2) is 4.98 Å². The molecule has 7 heteroatoms. The van der Waals surface area contributed by atoms with Crippen molar-refractivity contribution in [3.63, 3.8) is 0 Å². The van der Waals surface area contributed by atoms with Crippen LogP contribution in [0.1, 0.15) is 34.3 Å². The van der Waals surface area contributed by atoms with Crippen molar-refractivity contribution < 1.29 is 14.8 Å². The summed E-state index contributed by atoms with van der Waals surface area (Å²) in [5, 5.41) is 14.1. The molecule has 2 aromatic heterocycles. The van der Waals surface area contributed by atoms with Crippen LogP contribution in [0.25, 0.3) is 5.65 Å². The van der Waals surface area contributed by atoms with Crippen LogP contribution in [-0.2, 0) is 17.6 Å². The molecule has 2 N–H and O–H groups in total. The molecule has 0 radical (unpaired) electrons. The molecule has 1 spiro atoms. The maximum Gasteiger partial charge on any atom is 0.282 e. The number of benzene rings is 1. The van der Waals surface area contributed by atoms with Crippen LogP contribution in [0.15, 0.2) is 48.9 Å². The molecular formula is C21H20N4O3. The van der Waals surface area contributed by atoms with Gasteiger partial charge in [-0.05, 0) is 61.1 Å². The summed E-state index contributed by atoms with van der Waals surface area (Å²) in [4.78, 5) is 29.2. The predicted molar refractivity (Wildman–Crippen MR) is 102 cm³/mol. The van der Waals surface area contributed by atoms with Gasteiger partial charge in [0.1, 0.15) is 5.65 Å². The molecule has 1 fully saturated rings. The van der Waals surface area contributed by atoms with Crippen molar-refractivity contribution >= 4 is 23.1 Å². The van der Waals surface area contributed by atoms with Gasteiger partial charge in [0.05, 0.1) is 11.1 Å². The number of hydroxylamine groups is 1. The van der Waals surface area contributed by atoms with E-state index in [0.717, 1.165) is 42.6 Å². The number of amides is 2. The summed E-state index contributed by atoms with van der Waals surface area (Å²) in [5.41, 5.74) is 3.44. The largest absolute Gasteiger partial charge is 0.356 e. The molecule has 2 aliphatic rings. The normalized spacial score (nSPS) is 21.0. The van der Waals surface area contributed by atoms with Gasteiger partial charge in [0.25, 0.3) is 5.91 Å². The van der Waals surface area contributed by atoms with Crippen molar-refractivity contribution in [1.82, 2.24) is 14.7 Å². The monoisotopic (exact) mass is 376 g/mol. The summed E-state index contributed by atoms with van der Waals surface area (Å²) in [6.07, 6.45) is 8.20. The molecule has 5 rings (SSSR count). The summed E-state index contributed by atoms with van der Waals surface area (Å²) in [7, 11) is 0. The zero-order chi connectivity index (χ0) is 19.3. The summed E-state index contributed by atoms with van der Waals surface area (Å²) in [6.45, 7) is 0.742. The maximum atomic E-state index is 12.8. The Labute approximate surface area is 161 Å². The molecule has 1 aliphatic heterocycles. The van der Waals surface area contributed by atoms with Crippen molar-refractivity contribution in [1.29, 1.82) is 0 Å². The van der Waals surface area contributed by atoms with E-state index in [1.807, 2.05) is 12.1 Å². The lowest BCUT2D eigenvalue weighted by atomic mass is 9.70. The smallest absolute Gasteiger partial charge is 0.282 e. The molecule has 2 amide bonds. The van der Waals surface area contributed by atoms with E-state index in [1.54, 1.807) is 41.2 Å². The zero-order valence-corrected chi connectivity index (χ0v) is 15.3. The van der Waals surface area contributed by atoms with E-state index in [2.05, 4.69) is 10.3 Å². The fourth-order valence-electron chi connectivity index (χ4n) is 4.39. The molecule has 1 saturated heterocycles. The van der Waals surface area contributed by atoms with Crippen LogP contribution in [0.5, 0.6) is 0 Å². The highest BCUT2D eigenvalue weighted by atomic mass is 16.5. The Balaban J connectivity index is 1.41. The second-order valence-corrected chi connectivity index (χ2v) is 7.64. The van der Waals surface area contributed by atoms with Gasteiger partial charge < -0.3 is 9.72 Å². The van der Waals surface area contributed by atoms with Crippen LogP contribution in [0.2, 0.25) is 0 Å². The Morgan fingerprint density at radius 1 is 1.21 bits per heavy atom. The van der Waals surface area contributed by atoms with Crippen LogP contribution >= 0.6 is 0 Å². The first-order valence-corrected chi connectivity index (χ1v) is 9.42. The van der Waals surface area contributed by atoms with Gasteiger partial charge in [-0.15, -0.1) is 0 Å². The van der Waals surface area contributed by atoms with Crippen molar-refractivity contribution in [3.05, 3.63) is 65.6 Å². The molecular weight excluding hydrogens is 356 g/mol. The minimum atomic E-state index is -0.485. The quantitative estimate of drug-likeness (QED) is 0.531. The second-order valence-electron chi connectivity index (χ2n) is 7.64. The SMILES string of the molecule is O=C(c1ccc2c(c1)CC[C@@]1(CCNC1=O)C2)N(O)c1ccc2nccn2c1. The summed E-state index contributed by atoms with van der Waals surface area (Å²) in [5.74, 6) is -0.337. The van der Waals surface area contributed by atoms with E-state index in [9.17, 15) is 14.8 Å². The Morgan fingerprint density at radius 3 is 2.93 bits per heavy atom. The number of carbonyl (C=O) groups is 2. The van der Waals surface area contributed by atoms with Gasteiger partial charge in [0.15, 0.2) is 0 Å². The number of nitrogens with zero attached hydrogens (tertiary/aromatic N) is 3. The van der Waals surface area contributed by atoms with Crippen molar-refractivity contribution in [3.8, 4) is 0 Å². The molecule has 1 atom stereocenters. The van der Waals surface area contributed by atoms with Gasteiger partial charge in [0.2, 0.25) is 5.91 Å². The number of carbonyl (C=O) groups excluding carboxylic acids is 2. The van der Waals surface area contributed by atoms with Gasteiger partial charge in [-0.1, -0.05) is 6.07 Å². The van der Waals surface area contributed by atoms with E-state index >= 15 is 0 Å². The maximum absolute atomic E-state index is 12.8. The molecule has 3 aromatic rings. The third-order valence-electron chi connectivity index (χ3n) is 6.04. The van der Waals surface area contributed by atoms with E-state index < -0.39 is 5.91 Å². The predicted octanol–water partition coefficient (Wildman–Crippen LogP) is 2.37. The Hall–Kier alpha value is -3.19. The number of aromatic nitrogens is 2. The van der Waals surface area contributed by atoms with Crippen molar-refractivity contribution in [2.75, 3.05) is 11.6 Å². The standard InChI is InChI=1S/C21H20N4O3/c26-19(25(28)17-3-4-18-22-9-10-24(18)13-17)15-1-2-16-12-21(6-5-14(16)11-15)7-8-23-20(21)27/h1-4,9-11,13,28H,5-8,12H2,(H,23,27)/t21-/m1/s1. The molecule has 1 aliphatic carbocycles. The molecule has 3 heterocycles. The number of rotatable bonds is 2. The average molecular weight is 376 g/mol. The van der Waals surface area contributed by atoms with Gasteiger partial charge in [-0.2, -0.15) is 5.06 Å². The summed E-state index contributed by atoms with van der Waals surface area (Å²) >= 11 is 0. The minimum Gasteiger partial charge on any atom is -0.356 e. The Morgan fingerprint density at radius 2 is 2.11 bits per heavy atom. The van der Waals surface area contributed by atoms with Gasteiger partial charge in [0, 0.05) is 30.7 Å². The fourth-order valence-corrected chi connectivity index (χ4v) is 4.39. The number of fused-ring (bicyclic) bond motifs is 2. The highest BCUT2D eigenvalue weighted by Crippen LogP contribution is 2.41. The van der Waals surface area contributed by atoms with Gasteiger partial charge >= 0.3 is 0 Å². The lowest BCUT2D eigenvalue weighted by Gasteiger charge is -2.32. The van der Waals surface area contributed by atoms with E-state index in [-0.39, 0.29) is 11.3 Å². The molecule has 0 unspecified atom stereocenters. The van der Waals surface area contributed by atoms with Crippen LogP contribution in [0.3, 0.4) is 0 Å². The Bertz CT molecular complexity index is 1110. The van der Waals surface area contributed by atoms with Gasteiger partial charge in [-0.3, -0.25) is 14.8 Å². The van der Waals surface area contributed by atoms with E-state index in [0.29, 0.717) is 22.7 Å². The first-order valence-electron chi connectivity index (χ1n) is 9.42. The number of imidazole rings is 1. The Kier molecular flexibility index (Phi) is 3.73. The highest BCUT2D eigenvalue weighted by Gasteiger charge is 2.44. The van der Waals surface area contributed by atoms with Crippen molar-refractivity contribution in [2.45, 2.75) is 25.7 Å². The van der Waals surface area contributed by atoms with Crippen LogP contribution in [0, 0.1) is 5.41 Å². The topological polar surface area (TPSA) is 86.9 Å². The third-order valence-corrected chi connectivity index (χ3v) is 6.04. The first-order chi connectivity index (χ1) is 13.6. The molecule has 28 heavy (non-hydrogen) atoms. The van der Waals surface area contributed by atoms with Crippen molar-refractivity contribution in [2.24, 2.45) is 5.41 Å². The third kappa shape index (κ3) is 2.58. The minimum absolute atomic E-state index is 0.148. The lowest BCUT2D eigenvalue weighted by Crippen LogP contribution is -2.36. The molecule has 1 aromatic carbocycles. The number of aryl methyl sites for hydroxylation is 1. The average Bonchev–Trinajstić information content (AvgIpc) is 3.33. The van der Waals surface area contributed by atoms with E-state index in [4.69, 9.17) is 0 Å². The number of hydrogen-bond donors (Lipinski definition) is 2. The molecule has 7 nitrogen and oxygen atoms in total. The summed E-state index contributed by atoms with van der Waals surface area (Å²) < 4.78 is 1.74. The second kappa shape index (κ2) is 6.17. The number of pyridine rings is 1. The molecule has 142 valence electrons. The van der Waals surface area contributed by atoms with Crippen LogP contribution < -0.4 is 10.4 Å². The highest BCUT2D eigenvalue weighted by molar-refractivity contribution is 6.04. The lowest BCUT2D eigenvalue weighted by molar-refractivity contribution is -0.128. The number of hydrogen-bond acceptors (Lipinski definition) is 4. The fraction of sp³-hybridized carbons (Fsp3) is 0.286.